The molecule has 0 bridgehead atoms. The molecule has 0 saturated carbocycles. The molecule has 2 aromatic carbocycles. The number of rotatable bonds is 7. The number of nitrogens with one attached hydrogen (secondary N) is 2. The van der Waals surface area contributed by atoms with Gasteiger partial charge in [0.15, 0.2) is 0 Å². The van der Waals surface area contributed by atoms with Crippen molar-refractivity contribution in [1.29, 1.82) is 0 Å². The first-order valence-corrected chi connectivity index (χ1v) is 9.67. The third kappa shape index (κ3) is 4.98. The van der Waals surface area contributed by atoms with Crippen LogP contribution in [0.5, 0.6) is 0 Å². The summed E-state index contributed by atoms with van der Waals surface area (Å²) in [6, 6.07) is 15.5. The van der Waals surface area contributed by atoms with Crippen molar-refractivity contribution in [3.63, 3.8) is 0 Å². The summed E-state index contributed by atoms with van der Waals surface area (Å²) >= 11 is 3.39. The van der Waals surface area contributed by atoms with Crippen molar-refractivity contribution in [3.8, 4) is 0 Å². The first-order valence-electron chi connectivity index (χ1n) is 8.88. The van der Waals surface area contributed by atoms with E-state index in [0.717, 1.165) is 22.8 Å². The van der Waals surface area contributed by atoms with Crippen molar-refractivity contribution < 1.29 is 9.59 Å². The molecule has 5 nitrogen and oxygen atoms in total. The smallest absolute Gasteiger partial charge is 0.244 e. The van der Waals surface area contributed by atoms with Gasteiger partial charge in [0.1, 0.15) is 0 Å². The van der Waals surface area contributed by atoms with E-state index in [2.05, 4.69) is 32.3 Å². The quantitative estimate of drug-likeness (QED) is 0.588. The molecular weight excluding hydrogens is 406 g/mol. The second-order valence-corrected chi connectivity index (χ2v) is 7.35. The van der Waals surface area contributed by atoms with Gasteiger partial charge in [0.25, 0.3) is 0 Å². The molecule has 3 aromatic rings. The zero-order chi connectivity index (χ0) is 19.2. The highest BCUT2D eigenvalue weighted by Gasteiger charge is 2.14. The Morgan fingerprint density at radius 1 is 1.11 bits per heavy atom. The van der Waals surface area contributed by atoms with Crippen LogP contribution in [0.15, 0.2) is 59.2 Å². The summed E-state index contributed by atoms with van der Waals surface area (Å²) in [5, 5.41) is 4.01. The van der Waals surface area contributed by atoms with Gasteiger partial charge in [0, 0.05) is 35.0 Å². The van der Waals surface area contributed by atoms with Crippen LogP contribution in [0.25, 0.3) is 10.9 Å². The van der Waals surface area contributed by atoms with Crippen LogP contribution in [-0.4, -0.2) is 35.3 Å². The van der Waals surface area contributed by atoms with Crippen molar-refractivity contribution in [2.75, 3.05) is 18.9 Å². The highest BCUT2D eigenvalue weighted by Crippen LogP contribution is 2.21. The number of aromatic amines is 1. The predicted molar refractivity (Wildman–Crippen MR) is 112 cm³/mol. The topological polar surface area (TPSA) is 65.2 Å². The van der Waals surface area contributed by atoms with Gasteiger partial charge in [-0.15, -0.1) is 0 Å². The lowest BCUT2D eigenvalue weighted by atomic mass is 10.1. The highest BCUT2D eigenvalue weighted by atomic mass is 79.9. The number of halogens is 1. The van der Waals surface area contributed by atoms with Gasteiger partial charge in [-0.2, -0.15) is 0 Å². The average molecular weight is 428 g/mol. The largest absolute Gasteiger partial charge is 0.361 e. The summed E-state index contributed by atoms with van der Waals surface area (Å²) in [5.41, 5.74) is 3.02. The third-order valence-corrected chi connectivity index (χ3v) is 5.16. The number of fused-ring (bicyclic) bond motifs is 1. The van der Waals surface area contributed by atoms with E-state index in [0.29, 0.717) is 12.1 Å². The number of hydrogen-bond donors (Lipinski definition) is 2. The van der Waals surface area contributed by atoms with Gasteiger partial charge in [-0.3, -0.25) is 9.59 Å². The van der Waals surface area contributed by atoms with E-state index in [4.69, 9.17) is 0 Å². The molecule has 1 aromatic heterocycles. The van der Waals surface area contributed by atoms with E-state index in [1.54, 1.807) is 7.05 Å². The van der Waals surface area contributed by atoms with Crippen molar-refractivity contribution in [1.82, 2.24) is 9.88 Å². The Morgan fingerprint density at radius 3 is 2.67 bits per heavy atom. The molecule has 2 amide bonds. The molecule has 0 unspecified atom stereocenters. The normalized spacial score (nSPS) is 10.7. The number of hydrogen-bond acceptors (Lipinski definition) is 2. The van der Waals surface area contributed by atoms with Gasteiger partial charge in [0.05, 0.1) is 12.2 Å². The Labute approximate surface area is 166 Å². The minimum atomic E-state index is -0.214. The number of amides is 2. The fourth-order valence-corrected chi connectivity index (χ4v) is 3.40. The van der Waals surface area contributed by atoms with E-state index in [9.17, 15) is 9.59 Å². The van der Waals surface area contributed by atoms with Crippen LogP contribution >= 0.6 is 15.9 Å². The molecule has 0 saturated heterocycles. The summed E-state index contributed by atoms with van der Waals surface area (Å²) < 4.78 is 0.811. The van der Waals surface area contributed by atoms with Crippen molar-refractivity contribution in [2.24, 2.45) is 0 Å². The second-order valence-electron chi connectivity index (χ2n) is 6.49. The van der Waals surface area contributed by atoms with Crippen LogP contribution in [0.1, 0.15) is 18.4 Å². The summed E-state index contributed by atoms with van der Waals surface area (Å²) in [5.74, 6) is -0.244. The lowest BCUT2D eigenvalue weighted by Gasteiger charge is -2.17. The molecule has 0 spiro atoms. The Bertz CT molecular complexity index is 951. The SMILES string of the molecule is CN(CC(=O)Nc1ccccc1Br)C(=O)CCCc1c[nH]c2ccccc12. The lowest BCUT2D eigenvalue weighted by molar-refractivity contribution is -0.133. The van der Waals surface area contributed by atoms with Gasteiger partial charge < -0.3 is 15.2 Å². The molecule has 0 aliphatic rings. The second kappa shape index (κ2) is 8.86. The minimum absolute atomic E-state index is 0.0304. The number of carbonyl (C=O) groups is 2. The van der Waals surface area contributed by atoms with Crippen molar-refractivity contribution in [3.05, 3.63) is 64.8 Å². The first-order chi connectivity index (χ1) is 13.0. The molecule has 3 rings (SSSR count). The minimum Gasteiger partial charge on any atom is -0.361 e. The number of benzene rings is 2. The molecule has 6 heteroatoms. The number of likely N-dealkylation sites (N-methyl/N-ethyl adjacent to an activating group) is 1. The third-order valence-electron chi connectivity index (χ3n) is 4.47. The predicted octanol–water partition coefficient (Wildman–Crippen LogP) is 4.35. The monoisotopic (exact) mass is 427 g/mol. The van der Waals surface area contributed by atoms with Crippen LogP contribution in [0.4, 0.5) is 5.69 Å². The number of anilines is 1. The number of carbonyl (C=O) groups excluding carboxylic acids is 2. The van der Waals surface area contributed by atoms with Gasteiger partial charge >= 0.3 is 0 Å². The van der Waals surface area contributed by atoms with E-state index in [-0.39, 0.29) is 18.4 Å². The zero-order valence-corrected chi connectivity index (χ0v) is 16.8. The molecule has 0 fully saturated rings. The molecule has 140 valence electrons. The summed E-state index contributed by atoms with van der Waals surface area (Å²) in [6.45, 7) is 0.0350. The van der Waals surface area contributed by atoms with Gasteiger partial charge in [-0.05, 0) is 52.5 Å². The number of para-hydroxylation sites is 2. The van der Waals surface area contributed by atoms with Crippen LogP contribution in [-0.2, 0) is 16.0 Å². The Hall–Kier alpha value is -2.60. The van der Waals surface area contributed by atoms with E-state index in [1.165, 1.54) is 15.8 Å². The summed E-state index contributed by atoms with van der Waals surface area (Å²) in [7, 11) is 1.66. The molecule has 0 atom stereocenters. The maximum atomic E-state index is 12.3. The van der Waals surface area contributed by atoms with Crippen LogP contribution in [0, 0.1) is 0 Å². The maximum absolute atomic E-state index is 12.3. The number of nitrogens with zero attached hydrogens (tertiary/aromatic N) is 1. The molecule has 0 aliphatic heterocycles. The van der Waals surface area contributed by atoms with Gasteiger partial charge in [0.2, 0.25) is 11.8 Å². The number of aryl methyl sites for hydroxylation is 1. The molecule has 2 N–H and O–H groups in total. The standard InChI is InChI=1S/C21H22BrN3O2/c1-25(14-20(26)24-19-11-5-3-9-17(19)22)21(27)12-6-7-15-13-23-18-10-4-2-8-16(15)18/h2-5,8-11,13,23H,6-7,12,14H2,1H3,(H,24,26). The van der Waals surface area contributed by atoms with Crippen LogP contribution in [0.2, 0.25) is 0 Å². The fraction of sp³-hybridized carbons (Fsp3) is 0.238. The van der Waals surface area contributed by atoms with Crippen molar-refractivity contribution >= 4 is 44.3 Å². The first kappa shape index (κ1) is 19.2. The fourth-order valence-electron chi connectivity index (χ4n) is 3.02. The van der Waals surface area contributed by atoms with E-state index < -0.39 is 0 Å². The highest BCUT2D eigenvalue weighted by molar-refractivity contribution is 9.10. The summed E-state index contributed by atoms with van der Waals surface area (Å²) in [6.07, 6.45) is 3.99. The van der Waals surface area contributed by atoms with Crippen LogP contribution in [0.3, 0.4) is 0 Å². The molecule has 0 aliphatic carbocycles. The molecule has 0 radical (unpaired) electrons. The Morgan fingerprint density at radius 2 is 1.85 bits per heavy atom. The van der Waals surface area contributed by atoms with E-state index in [1.807, 2.05) is 48.7 Å². The molecular formula is C21H22BrN3O2. The zero-order valence-electron chi connectivity index (χ0n) is 15.2. The summed E-state index contributed by atoms with van der Waals surface area (Å²) in [4.78, 5) is 29.2. The molecule has 27 heavy (non-hydrogen) atoms. The Kier molecular flexibility index (Phi) is 6.29. The van der Waals surface area contributed by atoms with E-state index >= 15 is 0 Å². The van der Waals surface area contributed by atoms with Crippen molar-refractivity contribution in [2.45, 2.75) is 19.3 Å². The maximum Gasteiger partial charge on any atom is 0.244 e. The molecule has 1 heterocycles. The van der Waals surface area contributed by atoms with Gasteiger partial charge in [-0.1, -0.05) is 30.3 Å². The lowest BCUT2D eigenvalue weighted by Crippen LogP contribution is -2.34. The Balaban J connectivity index is 1.46. The number of H-pyrrole nitrogens is 1. The number of aromatic nitrogens is 1. The van der Waals surface area contributed by atoms with Crippen LogP contribution < -0.4 is 5.32 Å². The van der Waals surface area contributed by atoms with Gasteiger partial charge in [-0.25, -0.2) is 0 Å². The average Bonchev–Trinajstić information content (AvgIpc) is 3.07.